The van der Waals surface area contributed by atoms with Gasteiger partial charge in [-0.05, 0) is 36.6 Å². The van der Waals surface area contributed by atoms with E-state index in [0.717, 1.165) is 24.3 Å². The SMILES string of the molecule is CC(C)CC(CNS(=O)(=O)c1ccc(F)cc1)C(=O)O. The second-order valence-electron chi connectivity index (χ2n) is 4.97. The predicted molar refractivity (Wildman–Crippen MR) is 72.2 cm³/mol. The third-order valence-corrected chi connectivity index (χ3v) is 4.19. The highest BCUT2D eigenvalue weighted by atomic mass is 32.2. The zero-order chi connectivity index (χ0) is 15.3. The molecule has 0 radical (unpaired) electrons. The van der Waals surface area contributed by atoms with E-state index < -0.39 is 27.7 Å². The molecule has 20 heavy (non-hydrogen) atoms. The van der Waals surface area contributed by atoms with Crippen LogP contribution in [-0.2, 0) is 14.8 Å². The van der Waals surface area contributed by atoms with E-state index in [4.69, 9.17) is 5.11 Å². The number of carbonyl (C=O) groups is 1. The van der Waals surface area contributed by atoms with E-state index in [-0.39, 0.29) is 17.4 Å². The Morgan fingerprint density at radius 2 is 1.85 bits per heavy atom. The van der Waals surface area contributed by atoms with E-state index in [0.29, 0.717) is 6.42 Å². The summed E-state index contributed by atoms with van der Waals surface area (Å²) in [6.45, 7) is 3.54. The van der Waals surface area contributed by atoms with Gasteiger partial charge in [0.05, 0.1) is 10.8 Å². The summed E-state index contributed by atoms with van der Waals surface area (Å²) in [5.74, 6) is -2.22. The Morgan fingerprint density at radius 1 is 1.30 bits per heavy atom. The topological polar surface area (TPSA) is 83.5 Å². The fourth-order valence-electron chi connectivity index (χ4n) is 1.75. The number of sulfonamides is 1. The summed E-state index contributed by atoms with van der Waals surface area (Å²) in [4.78, 5) is 11.0. The molecule has 1 aromatic rings. The van der Waals surface area contributed by atoms with Gasteiger partial charge in [0, 0.05) is 6.54 Å². The maximum absolute atomic E-state index is 12.7. The van der Waals surface area contributed by atoms with Crippen LogP contribution in [0.15, 0.2) is 29.2 Å². The first-order chi connectivity index (χ1) is 9.22. The largest absolute Gasteiger partial charge is 0.481 e. The van der Waals surface area contributed by atoms with Gasteiger partial charge in [0.15, 0.2) is 0 Å². The molecule has 0 saturated heterocycles. The van der Waals surface area contributed by atoms with Crippen LogP contribution < -0.4 is 4.72 Å². The predicted octanol–water partition coefficient (Wildman–Crippen LogP) is 1.85. The molecule has 0 saturated carbocycles. The minimum absolute atomic E-state index is 0.0902. The molecule has 0 aliphatic heterocycles. The summed E-state index contributed by atoms with van der Waals surface area (Å²) >= 11 is 0. The minimum Gasteiger partial charge on any atom is -0.481 e. The van der Waals surface area contributed by atoms with Crippen molar-refractivity contribution >= 4 is 16.0 Å². The first kappa shape index (κ1) is 16.6. The van der Waals surface area contributed by atoms with Gasteiger partial charge in [-0.1, -0.05) is 13.8 Å². The second-order valence-corrected chi connectivity index (χ2v) is 6.74. The highest BCUT2D eigenvalue weighted by molar-refractivity contribution is 7.89. The van der Waals surface area contributed by atoms with Gasteiger partial charge < -0.3 is 5.11 Å². The molecule has 1 atom stereocenters. The molecule has 112 valence electrons. The fourth-order valence-corrected chi connectivity index (χ4v) is 2.83. The highest BCUT2D eigenvalue weighted by Crippen LogP contribution is 2.14. The van der Waals surface area contributed by atoms with Crippen molar-refractivity contribution in [2.75, 3.05) is 6.54 Å². The number of aliphatic carboxylic acids is 1. The molecule has 0 aromatic heterocycles. The van der Waals surface area contributed by atoms with Gasteiger partial charge in [0.25, 0.3) is 0 Å². The molecule has 1 aromatic carbocycles. The maximum atomic E-state index is 12.7. The summed E-state index contributed by atoms with van der Waals surface area (Å²) in [5.41, 5.74) is 0. The molecule has 0 fully saturated rings. The standard InChI is InChI=1S/C13H18FNO4S/c1-9(2)7-10(13(16)17)8-15-20(18,19)12-5-3-11(14)4-6-12/h3-6,9-10,15H,7-8H2,1-2H3,(H,16,17). The Morgan fingerprint density at radius 3 is 2.30 bits per heavy atom. The Hall–Kier alpha value is -1.47. The van der Waals surface area contributed by atoms with Crippen LogP contribution in [0.3, 0.4) is 0 Å². The zero-order valence-electron chi connectivity index (χ0n) is 11.3. The normalized spacial score (nSPS) is 13.4. The van der Waals surface area contributed by atoms with E-state index >= 15 is 0 Å². The average Bonchev–Trinajstić information content (AvgIpc) is 2.34. The number of halogens is 1. The van der Waals surface area contributed by atoms with Crippen molar-refractivity contribution in [1.29, 1.82) is 0 Å². The maximum Gasteiger partial charge on any atom is 0.307 e. The molecule has 0 aliphatic carbocycles. The van der Waals surface area contributed by atoms with E-state index in [1.54, 1.807) is 0 Å². The van der Waals surface area contributed by atoms with Crippen molar-refractivity contribution in [1.82, 2.24) is 4.72 Å². The number of hydrogen-bond donors (Lipinski definition) is 2. The van der Waals surface area contributed by atoms with Crippen molar-refractivity contribution < 1.29 is 22.7 Å². The van der Waals surface area contributed by atoms with E-state index in [9.17, 15) is 17.6 Å². The lowest BCUT2D eigenvalue weighted by Gasteiger charge is -2.15. The van der Waals surface area contributed by atoms with Crippen LogP contribution in [0.1, 0.15) is 20.3 Å². The third-order valence-electron chi connectivity index (χ3n) is 2.75. The van der Waals surface area contributed by atoms with E-state index in [1.165, 1.54) is 0 Å². The van der Waals surface area contributed by atoms with Gasteiger partial charge in [-0.2, -0.15) is 0 Å². The van der Waals surface area contributed by atoms with Crippen molar-refractivity contribution in [3.8, 4) is 0 Å². The zero-order valence-corrected chi connectivity index (χ0v) is 12.2. The van der Waals surface area contributed by atoms with Crippen molar-refractivity contribution in [3.63, 3.8) is 0 Å². The lowest BCUT2D eigenvalue weighted by molar-refractivity contribution is -0.142. The molecule has 0 aliphatic rings. The monoisotopic (exact) mass is 303 g/mol. The molecule has 0 heterocycles. The third kappa shape index (κ3) is 4.90. The summed E-state index contributed by atoms with van der Waals surface area (Å²) < 4.78 is 38.9. The molecule has 0 spiro atoms. The average molecular weight is 303 g/mol. The van der Waals surface area contributed by atoms with Crippen LogP contribution in [0.2, 0.25) is 0 Å². The van der Waals surface area contributed by atoms with Crippen molar-refractivity contribution in [2.24, 2.45) is 11.8 Å². The Balaban J connectivity index is 2.75. The molecule has 7 heteroatoms. The highest BCUT2D eigenvalue weighted by Gasteiger charge is 2.22. The number of benzene rings is 1. The number of carboxylic acids is 1. The molecular formula is C13H18FNO4S. The number of nitrogens with one attached hydrogen (secondary N) is 1. The lowest BCUT2D eigenvalue weighted by Crippen LogP contribution is -2.33. The molecule has 1 unspecified atom stereocenters. The molecular weight excluding hydrogens is 285 g/mol. The first-order valence-electron chi connectivity index (χ1n) is 6.20. The van der Waals surface area contributed by atoms with Gasteiger partial charge in [-0.25, -0.2) is 17.5 Å². The van der Waals surface area contributed by atoms with Crippen LogP contribution >= 0.6 is 0 Å². The number of carboxylic acid groups (broad SMARTS) is 1. The quantitative estimate of drug-likeness (QED) is 0.805. The molecule has 0 amide bonds. The van der Waals surface area contributed by atoms with Crippen molar-refractivity contribution in [2.45, 2.75) is 25.2 Å². The van der Waals surface area contributed by atoms with Gasteiger partial charge in [-0.3, -0.25) is 4.79 Å². The van der Waals surface area contributed by atoms with Crippen LogP contribution in [-0.4, -0.2) is 26.0 Å². The molecule has 0 bridgehead atoms. The fraction of sp³-hybridized carbons (Fsp3) is 0.462. The van der Waals surface area contributed by atoms with Crippen LogP contribution in [0.5, 0.6) is 0 Å². The Labute approximate surface area is 117 Å². The van der Waals surface area contributed by atoms with E-state index in [2.05, 4.69) is 4.72 Å². The minimum atomic E-state index is -3.82. The molecule has 2 N–H and O–H groups in total. The van der Waals surface area contributed by atoms with Crippen molar-refractivity contribution in [3.05, 3.63) is 30.1 Å². The summed E-state index contributed by atoms with van der Waals surface area (Å²) in [7, 11) is -3.82. The lowest BCUT2D eigenvalue weighted by atomic mass is 9.98. The van der Waals surface area contributed by atoms with Gasteiger partial charge in [0.1, 0.15) is 5.82 Å². The summed E-state index contributed by atoms with van der Waals surface area (Å²) in [6.07, 6.45) is 0.376. The molecule has 1 rings (SSSR count). The van der Waals surface area contributed by atoms with Crippen LogP contribution in [0.4, 0.5) is 4.39 Å². The van der Waals surface area contributed by atoms with E-state index in [1.807, 2.05) is 13.8 Å². The Bertz CT molecular complexity index is 554. The summed E-state index contributed by atoms with van der Waals surface area (Å²) in [5, 5.41) is 9.04. The first-order valence-corrected chi connectivity index (χ1v) is 7.68. The smallest absolute Gasteiger partial charge is 0.307 e. The van der Waals surface area contributed by atoms with Crippen LogP contribution in [0.25, 0.3) is 0 Å². The summed E-state index contributed by atoms with van der Waals surface area (Å²) in [6, 6.07) is 4.35. The van der Waals surface area contributed by atoms with Gasteiger partial charge >= 0.3 is 5.97 Å². The number of hydrogen-bond acceptors (Lipinski definition) is 3. The Kier molecular flexibility index (Phi) is 5.64. The van der Waals surface area contributed by atoms with Crippen LogP contribution in [0, 0.1) is 17.7 Å². The second kappa shape index (κ2) is 6.81. The van der Waals surface area contributed by atoms with Gasteiger partial charge in [-0.15, -0.1) is 0 Å². The molecule has 5 nitrogen and oxygen atoms in total. The number of rotatable bonds is 7. The van der Waals surface area contributed by atoms with Gasteiger partial charge in [0.2, 0.25) is 10.0 Å².